The highest BCUT2D eigenvalue weighted by Gasteiger charge is 2.30. The molecule has 3 N–H and O–H groups in total. The number of nitrogens with one attached hydrogen (secondary N) is 1. The van der Waals surface area contributed by atoms with E-state index in [1.165, 1.54) is 12.1 Å². The first-order valence-electron chi connectivity index (χ1n) is 6.39. The Labute approximate surface area is 115 Å². The average Bonchev–Trinajstić information content (AvgIpc) is 2.83. The van der Waals surface area contributed by atoms with Gasteiger partial charge >= 0.3 is 5.97 Å². The second-order valence-electron chi connectivity index (χ2n) is 5.08. The summed E-state index contributed by atoms with van der Waals surface area (Å²) in [6.45, 7) is 0.309. The second-order valence-corrected chi connectivity index (χ2v) is 5.08. The van der Waals surface area contributed by atoms with Crippen LogP contribution in [0.2, 0.25) is 0 Å². The lowest BCUT2D eigenvalue weighted by Gasteiger charge is -2.23. The summed E-state index contributed by atoms with van der Waals surface area (Å²) in [6.07, 6.45) is 3.36. The van der Waals surface area contributed by atoms with E-state index in [-0.39, 0.29) is 5.56 Å². The third-order valence-electron chi connectivity index (χ3n) is 3.58. The van der Waals surface area contributed by atoms with Crippen LogP contribution in [0.15, 0.2) is 18.2 Å². The van der Waals surface area contributed by atoms with Gasteiger partial charge in [-0.05, 0) is 25.0 Å². The van der Waals surface area contributed by atoms with E-state index >= 15 is 0 Å². The number of nitro benzene ring substituents is 1. The maximum atomic E-state index is 11.0. The Morgan fingerprint density at radius 3 is 2.60 bits per heavy atom. The van der Waals surface area contributed by atoms with E-state index in [0.29, 0.717) is 25.1 Å². The normalized spacial score (nSPS) is 16.9. The number of nitro groups is 1. The molecule has 1 aromatic rings. The number of aromatic carboxylic acids is 1. The van der Waals surface area contributed by atoms with Crippen LogP contribution in [0, 0.1) is 10.1 Å². The lowest BCUT2D eigenvalue weighted by molar-refractivity contribution is -0.385. The molecule has 7 nitrogen and oxygen atoms in total. The van der Waals surface area contributed by atoms with Crippen LogP contribution in [-0.4, -0.2) is 33.3 Å². The number of nitrogens with zero attached hydrogens (tertiary/aromatic N) is 1. The smallest absolute Gasteiger partial charge is 0.342 e. The van der Waals surface area contributed by atoms with Crippen molar-refractivity contribution in [2.24, 2.45) is 0 Å². The first kappa shape index (κ1) is 14.3. The zero-order chi connectivity index (χ0) is 14.8. The van der Waals surface area contributed by atoms with Crippen LogP contribution in [0.25, 0.3) is 0 Å². The molecule has 2 rings (SSSR count). The van der Waals surface area contributed by atoms with Gasteiger partial charge in [0.2, 0.25) is 0 Å². The van der Waals surface area contributed by atoms with Gasteiger partial charge in [0, 0.05) is 18.3 Å². The number of rotatable bonds is 5. The fourth-order valence-corrected chi connectivity index (χ4v) is 2.45. The lowest BCUT2D eigenvalue weighted by Crippen LogP contribution is -2.33. The first-order chi connectivity index (χ1) is 9.41. The number of carboxylic acids is 1. The molecule has 108 valence electrons. The van der Waals surface area contributed by atoms with Gasteiger partial charge in [-0.15, -0.1) is 0 Å². The first-order valence-corrected chi connectivity index (χ1v) is 6.39. The Balaban J connectivity index is 2.15. The van der Waals surface area contributed by atoms with Crippen LogP contribution in [-0.2, 0) is 0 Å². The molecule has 0 amide bonds. The number of benzene rings is 1. The SMILES string of the molecule is O=C(O)c1cc(NCC2(O)CCCC2)ccc1[N+](=O)[O-]. The van der Waals surface area contributed by atoms with Crippen LogP contribution in [0.5, 0.6) is 0 Å². The molecule has 20 heavy (non-hydrogen) atoms. The number of hydrogen-bond acceptors (Lipinski definition) is 5. The van der Waals surface area contributed by atoms with Gasteiger partial charge in [-0.3, -0.25) is 10.1 Å². The van der Waals surface area contributed by atoms with Crippen molar-refractivity contribution in [2.75, 3.05) is 11.9 Å². The molecule has 1 aromatic carbocycles. The lowest BCUT2D eigenvalue weighted by atomic mass is 10.0. The quantitative estimate of drug-likeness (QED) is 0.561. The minimum atomic E-state index is -1.35. The van der Waals surface area contributed by atoms with Crippen molar-refractivity contribution in [2.45, 2.75) is 31.3 Å². The summed E-state index contributed by atoms with van der Waals surface area (Å²) in [7, 11) is 0. The molecule has 0 aliphatic heterocycles. The Bertz CT molecular complexity index is 538. The van der Waals surface area contributed by atoms with Gasteiger partial charge < -0.3 is 15.5 Å². The maximum absolute atomic E-state index is 11.0. The average molecular weight is 280 g/mol. The Hall–Kier alpha value is -2.15. The zero-order valence-corrected chi connectivity index (χ0v) is 10.8. The number of carbonyl (C=O) groups is 1. The van der Waals surface area contributed by atoms with Crippen LogP contribution in [0.1, 0.15) is 36.0 Å². The van der Waals surface area contributed by atoms with Crippen molar-refractivity contribution in [1.82, 2.24) is 0 Å². The summed E-state index contributed by atoms with van der Waals surface area (Å²) >= 11 is 0. The molecule has 0 saturated heterocycles. The van der Waals surface area contributed by atoms with Gasteiger partial charge in [0.05, 0.1) is 10.5 Å². The molecule has 0 spiro atoms. The standard InChI is InChI=1S/C13H16N2O5/c16-12(17)10-7-9(3-4-11(10)15(19)20)14-8-13(18)5-1-2-6-13/h3-4,7,14,18H,1-2,5-6,8H2,(H,16,17). The minimum Gasteiger partial charge on any atom is -0.477 e. The largest absolute Gasteiger partial charge is 0.477 e. The van der Waals surface area contributed by atoms with E-state index in [2.05, 4.69) is 5.32 Å². The summed E-state index contributed by atoms with van der Waals surface area (Å²) in [4.78, 5) is 21.0. The van der Waals surface area contributed by atoms with E-state index in [4.69, 9.17) is 5.11 Å². The molecule has 0 atom stereocenters. The van der Waals surface area contributed by atoms with Crippen LogP contribution < -0.4 is 5.32 Å². The highest BCUT2D eigenvalue weighted by atomic mass is 16.6. The molecule has 1 saturated carbocycles. The summed E-state index contributed by atoms with van der Waals surface area (Å²) < 4.78 is 0. The van der Waals surface area contributed by atoms with E-state index in [0.717, 1.165) is 18.9 Å². The number of anilines is 1. The topological polar surface area (TPSA) is 113 Å². The summed E-state index contributed by atoms with van der Waals surface area (Å²) in [5.74, 6) is -1.35. The number of carboxylic acid groups (broad SMARTS) is 1. The summed E-state index contributed by atoms with van der Waals surface area (Å²) in [5.41, 5.74) is -1.13. The van der Waals surface area contributed by atoms with Gasteiger partial charge in [0.1, 0.15) is 5.56 Å². The molecular weight excluding hydrogens is 264 g/mol. The molecule has 0 unspecified atom stereocenters. The molecule has 7 heteroatoms. The Morgan fingerprint density at radius 1 is 1.40 bits per heavy atom. The Kier molecular flexibility index (Phi) is 3.89. The van der Waals surface area contributed by atoms with Crippen molar-refractivity contribution in [3.8, 4) is 0 Å². The fraction of sp³-hybridized carbons (Fsp3) is 0.462. The Morgan fingerprint density at radius 2 is 2.05 bits per heavy atom. The van der Waals surface area contributed by atoms with Gasteiger partial charge in [-0.2, -0.15) is 0 Å². The summed E-state index contributed by atoms with van der Waals surface area (Å²) in [6, 6.07) is 3.83. The van der Waals surface area contributed by atoms with Crippen LogP contribution in [0.4, 0.5) is 11.4 Å². The number of aliphatic hydroxyl groups is 1. The monoisotopic (exact) mass is 280 g/mol. The van der Waals surface area contributed by atoms with Crippen molar-refractivity contribution >= 4 is 17.3 Å². The van der Waals surface area contributed by atoms with E-state index in [1.807, 2.05) is 0 Å². The second kappa shape index (κ2) is 5.46. The van der Waals surface area contributed by atoms with Crippen LogP contribution >= 0.6 is 0 Å². The van der Waals surface area contributed by atoms with E-state index < -0.39 is 22.2 Å². The van der Waals surface area contributed by atoms with Gasteiger partial charge in [-0.25, -0.2) is 4.79 Å². The number of hydrogen-bond donors (Lipinski definition) is 3. The minimum absolute atomic E-state index is 0.309. The van der Waals surface area contributed by atoms with E-state index in [9.17, 15) is 20.0 Å². The molecule has 1 aliphatic carbocycles. The zero-order valence-electron chi connectivity index (χ0n) is 10.8. The fourth-order valence-electron chi connectivity index (χ4n) is 2.45. The highest BCUT2D eigenvalue weighted by Crippen LogP contribution is 2.30. The molecule has 0 radical (unpaired) electrons. The van der Waals surface area contributed by atoms with Gasteiger partial charge in [-0.1, -0.05) is 12.8 Å². The molecule has 0 aromatic heterocycles. The molecule has 0 bridgehead atoms. The van der Waals surface area contributed by atoms with E-state index in [1.54, 1.807) is 0 Å². The van der Waals surface area contributed by atoms with Crippen molar-refractivity contribution < 1.29 is 19.9 Å². The van der Waals surface area contributed by atoms with Gasteiger partial charge in [0.25, 0.3) is 5.69 Å². The molecule has 1 aliphatic rings. The molecule has 0 heterocycles. The summed E-state index contributed by atoms with van der Waals surface area (Å²) in [5, 5.41) is 32.9. The van der Waals surface area contributed by atoms with Crippen molar-refractivity contribution in [3.63, 3.8) is 0 Å². The maximum Gasteiger partial charge on any atom is 0.342 e. The van der Waals surface area contributed by atoms with Crippen molar-refractivity contribution in [1.29, 1.82) is 0 Å². The molecule has 1 fully saturated rings. The third-order valence-corrected chi connectivity index (χ3v) is 3.58. The van der Waals surface area contributed by atoms with Crippen LogP contribution in [0.3, 0.4) is 0 Å². The predicted molar refractivity (Wildman–Crippen MR) is 72.0 cm³/mol. The third kappa shape index (κ3) is 3.05. The highest BCUT2D eigenvalue weighted by molar-refractivity contribution is 5.93. The van der Waals surface area contributed by atoms with Gasteiger partial charge in [0.15, 0.2) is 0 Å². The van der Waals surface area contributed by atoms with Crippen molar-refractivity contribution in [3.05, 3.63) is 33.9 Å². The molecular formula is C13H16N2O5. The predicted octanol–water partition coefficient (Wildman–Crippen LogP) is 2.01.